The molecule has 0 unspecified atom stereocenters. The molecule has 32 heavy (non-hydrogen) atoms. The molecule has 0 aliphatic heterocycles. The first-order valence-corrected chi connectivity index (χ1v) is 11.3. The van der Waals surface area contributed by atoms with Crippen LogP contribution in [0.2, 0.25) is 0 Å². The molecule has 0 spiro atoms. The summed E-state index contributed by atoms with van der Waals surface area (Å²) in [5, 5.41) is 23.5. The van der Waals surface area contributed by atoms with E-state index < -0.39 is 0 Å². The van der Waals surface area contributed by atoms with E-state index in [0.717, 1.165) is 30.5 Å². The van der Waals surface area contributed by atoms with E-state index in [-0.39, 0.29) is 12.5 Å². The Morgan fingerprint density at radius 2 is 1.72 bits per heavy atom. The molecule has 4 nitrogen and oxygen atoms in total. The van der Waals surface area contributed by atoms with E-state index in [1.165, 1.54) is 22.3 Å². The van der Waals surface area contributed by atoms with Gasteiger partial charge in [0.25, 0.3) is 0 Å². The van der Waals surface area contributed by atoms with Crippen molar-refractivity contribution in [2.45, 2.75) is 37.6 Å². The molecule has 1 aliphatic carbocycles. The summed E-state index contributed by atoms with van der Waals surface area (Å²) in [6.45, 7) is 0.895. The Morgan fingerprint density at radius 1 is 0.906 bits per heavy atom. The molecule has 3 aromatic carbocycles. The summed E-state index contributed by atoms with van der Waals surface area (Å²) in [7, 11) is 0. The molecule has 2 N–H and O–H groups in total. The Hall–Kier alpha value is -3.37. The number of aryl methyl sites for hydroxylation is 2. The molecular formula is C28H28N2O2. The van der Waals surface area contributed by atoms with Crippen molar-refractivity contribution in [2.75, 3.05) is 6.61 Å². The van der Waals surface area contributed by atoms with Crippen LogP contribution in [0.3, 0.4) is 0 Å². The molecule has 1 aromatic heterocycles. The lowest BCUT2D eigenvalue weighted by Gasteiger charge is -2.35. The first-order chi connectivity index (χ1) is 15.7. The summed E-state index contributed by atoms with van der Waals surface area (Å²) in [4.78, 5) is 0. The fourth-order valence-corrected chi connectivity index (χ4v) is 5.03. The van der Waals surface area contributed by atoms with Crippen LogP contribution in [0.5, 0.6) is 5.75 Å². The lowest BCUT2D eigenvalue weighted by Crippen LogP contribution is -2.20. The van der Waals surface area contributed by atoms with Gasteiger partial charge in [-0.15, -0.1) is 0 Å². The van der Waals surface area contributed by atoms with Gasteiger partial charge < -0.3 is 10.2 Å². The lowest BCUT2D eigenvalue weighted by atomic mass is 9.69. The molecule has 0 radical (unpaired) electrons. The van der Waals surface area contributed by atoms with Crippen LogP contribution >= 0.6 is 0 Å². The van der Waals surface area contributed by atoms with Gasteiger partial charge in [0.2, 0.25) is 0 Å². The van der Waals surface area contributed by atoms with Gasteiger partial charge in [-0.2, -0.15) is 5.10 Å². The number of nitrogens with zero attached hydrogens (tertiary/aromatic N) is 2. The Kier molecular flexibility index (Phi) is 5.78. The predicted molar refractivity (Wildman–Crippen MR) is 127 cm³/mol. The number of aliphatic hydroxyl groups is 1. The third kappa shape index (κ3) is 4.06. The van der Waals surface area contributed by atoms with Crippen LogP contribution in [0.4, 0.5) is 0 Å². The monoisotopic (exact) mass is 424 g/mol. The largest absolute Gasteiger partial charge is 0.508 e. The minimum Gasteiger partial charge on any atom is -0.508 e. The van der Waals surface area contributed by atoms with Gasteiger partial charge in [0.1, 0.15) is 5.75 Å². The highest BCUT2D eigenvalue weighted by atomic mass is 16.3. The zero-order chi connectivity index (χ0) is 21.9. The highest BCUT2D eigenvalue weighted by Crippen LogP contribution is 2.47. The smallest absolute Gasteiger partial charge is 0.115 e. The normalized spacial score (nSPS) is 17.8. The van der Waals surface area contributed by atoms with Gasteiger partial charge in [-0.3, -0.25) is 4.68 Å². The zero-order valence-electron chi connectivity index (χ0n) is 18.1. The van der Waals surface area contributed by atoms with Gasteiger partial charge in [0.15, 0.2) is 0 Å². The van der Waals surface area contributed by atoms with E-state index in [9.17, 15) is 5.11 Å². The van der Waals surface area contributed by atoms with Gasteiger partial charge >= 0.3 is 0 Å². The molecule has 5 rings (SSSR count). The summed E-state index contributed by atoms with van der Waals surface area (Å²) in [6, 6.07) is 25.5. The fraction of sp³-hybridized carbons (Fsp3) is 0.250. The van der Waals surface area contributed by atoms with E-state index in [1.54, 1.807) is 0 Å². The standard InChI is InChI=1S/C28H28N2O2/c31-16-4-15-30-19-24(18-29-30)20-7-9-22(10-8-20)28-26(21-5-2-1-3-6-21)13-11-23-17-25(32)12-14-27(23)28/h1-3,5-10,12,14,17-19,26,28,31-32H,4,11,13,15-16H2/t26-,28+/m1/s1. The van der Waals surface area contributed by atoms with Gasteiger partial charge in [0.05, 0.1) is 6.20 Å². The maximum Gasteiger partial charge on any atom is 0.115 e. The van der Waals surface area contributed by atoms with E-state index in [0.29, 0.717) is 18.1 Å². The third-order valence-electron chi connectivity index (χ3n) is 6.60. The fourth-order valence-electron chi connectivity index (χ4n) is 5.03. The van der Waals surface area contributed by atoms with Crippen molar-refractivity contribution in [2.24, 2.45) is 0 Å². The van der Waals surface area contributed by atoms with Crippen molar-refractivity contribution in [3.8, 4) is 16.9 Å². The maximum atomic E-state index is 10.0. The van der Waals surface area contributed by atoms with Crippen LogP contribution in [-0.4, -0.2) is 26.6 Å². The Morgan fingerprint density at radius 3 is 2.50 bits per heavy atom. The number of fused-ring (bicyclic) bond motifs is 1. The average Bonchev–Trinajstić information content (AvgIpc) is 3.31. The Labute approximate surface area is 188 Å². The van der Waals surface area contributed by atoms with E-state index >= 15 is 0 Å². The molecule has 0 fully saturated rings. The molecule has 4 heteroatoms. The summed E-state index contributed by atoms with van der Waals surface area (Å²) in [6.07, 6.45) is 6.67. The van der Waals surface area contributed by atoms with Gasteiger partial charge in [-0.1, -0.05) is 60.7 Å². The van der Waals surface area contributed by atoms with E-state index in [4.69, 9.17) is 5.11 Å². The highest BCUT2D eigenvalue weighted by molar-refractivity contribution is 5.62. The third-order valence-corrected chi connectivity index (χ3v) is 6.60. The van der Waals surface area contributed by atoms with Crippen molar-refractivity contribution in [1.82, 2.24) is 9.78 Å². The molecule has 0 bridgehead atoms. The Balaban J connectivity index is 1.50. The van der Waals surface area contributed by atoms with Crippen molar-refractivity contribution in [1.29, 1.82) is 0 Å². The minimum atomic E-state index is 0.174. The number of phenolic OH excluding ortho intramolecular Hbond substituents is 1. The summed E-state index contributed by atoms with van der Waals surface area (Å²) >= 11 is 0. The number of aromatic hydroxyl groups is 1. The van der Waals surface area contributed by atoms with Crippen LogP contribution in [0, 0.1) is 0 Å². The topological polar surface area (TPSA) is 58.3 Å². The highest BCUT2D eigenvalue weighted by Gasteiger charge is 2.32. The number of hydrogen-bond donors (Lipinski definition) is 2. The molecular weight excluding hydrogens is 396 g/mol. The second-order valence-corrected chi connectivity index (χ2v) is 8.61. The van der Waals surface area contributed by atoms with E-state index in [1.807, 2.05) is 29.2 Å². The first-order valence-electron chi connectivity index (χ1n) is 11.3. The quantitative estimate of drug-likeness (QED) is 0.430. The van der Waals surface area contributed by atoms with Crippen LogP contribution in [0.15, 0.2) is 85.2 Å². The molecule has 0 amide bonds. The minimum absolute atomic E-state index is 0.174. The number of rotatable bonds is 6. The lowest BCUT2D eigenvalue weighted by molar-refractivity contribution is 0.277. The van der Waals surface area contributed by atoms with Crippen LogP contribution in [0.25, 0.3) is 11.1 Å². The summed E-state index contributed by atoms with van der Waals surface area (Å²) < 4.78 is 1.88. The Bertz CT molecular complexity index is 1180. The molecule has 1 aliphatic rings. The number of hydrogen-bond acceptors (Lipinski definition) is 3. The molecule has 2 atom stereocenters. The van der Waals surface area contributed by atoms with Gasteiger partial charge in [-0.25, -0.2) is 0 Å². The SMILES string of the molecule is OCCCn1cc(-c2ccc([C@@H]3c4ccc(O)cc4CC[C@@H]3c3ccccc3)cc2)cn1. The second-order valence-electron chi connectivity index (χ2n) is 8.61. The molecule has 4 aromatic rings. The summed E-state index contributed by atoms with van der Waals surface area (Å²) in [5.41, 5.74) is 7.45. The molecule has 0 saturated heterocycles. The zero-order valence-corrected chi connectivity index (χ0v) is 18.1. The van der Waals surface area contributed by atoms with Crippen molar-refractivity contribution < 1.29 is 10.2 Å². The maximum absolute atomic E-state index is 10.0. The second kappa shape index (κ2) is 9.01. The number of aromatic nitrogens is 2. The molecule has 1 heterocycles. The number of phenols is 1. The average molecular weight is 425 g/mol. The van der Waals surface area contributed by atoms with Crippen LogP contribution in [-0.2, 0) is 13.0 Å². The molecule has 162 valence electrons. The number of aliphatic hydroxyl groups excluding tert-OH is 1. The predicted octanol–water partition coefficient (Wildman–Crippen LogP) is 5.50. The van der Waals surface area contributed by atoms with E-state index in [2.05, 4.69) is 65.8 Å². The molecule has 0 saturated carbocycles. The first kappa shape index (κ1) is 20.5. The summed E-state index contributed by atoms with van der Waals surface area (Å²) in [5.74, 6) is 0.998. The van der Waals surface area contributed by atoms with Crippen molar-refractivity contribution in [3.63, 3.8) is 0 Å². The van der Waals surface area contributed by atoms with Crippen molar-refractivity contribution in [3.05, 3.63) is 107 Å². The van der Waals surface area contributed by atoms with Crippen molar-refractivity contribution >= 4 is 0 Å². The van der Waals surface area contributed by atoms with Crippen LogP contribution < -0.4 is 0 Å². The number of benzene rings is 3. The van der Waals surface area contributed by atoms with Gasteiger partial charge in [0, 0.05) is 30.8 Å². The van der Waals surface area contributed by atoms with Gasteiger partial charge in [-0.05, 0) is 65.1 Å². The van der Waals surface area contributed by atoms with Crippen LogP contribution in [0.1, 0.15) is 46.9 Å².